The van der Waals surface area contributed by atoms with E-state index in [-0.39, 0.29) is 15.6 Å². The monoisotopic (exact) mass is 425 g/mol. The summed E-state index contributed by atoms with van der Waals surface area (Å²) in [5, 5.41) is 12.8. The minimum atomic E-state index is -0.632. The molecule has 3 N–H and O–H groups in total. The summed E-state index contributed by atoms with van der Waals surface area (Å²) in [5.74, 6) is -1.25. The first-order valence-electron chi connectivity index (χ1n) is 8.44. The van der Waals surface area contributed by atoms with Crippen molar-refractivity contribution in [1.82, 2.24) is 9.55 Å². The average molecular weight is 426 g/mol. The second-order valence-electron chi connectivity index (χ2n) is 6.16. The summed E-state index contributed by atoms with van der Waals surface area (Å²) in [4.78, 5) is 27.7. The SMILES string of the molecule is Cc1cc(/C=C(\C#N)C(=O)Nc2ncc(C(N)=O)s2)c(C)n1-c1cccc(Cl)c1. The molecule has 3 aromatic rings. The van der Waals surface area contributed by atoms with Gasteiger partial charge in [-0.15, -0.1) is 0 Å². The molecule has 0 atom stereocenters. The van der Waals surface area contributed by atoms with Crippen LogP contribution in [-0.4, -0.2) is 21.4 Å². The molecule has 2 aromatic heterocycles. The van der Waals surface area contributed by atoms with Crippen LogP contribution in [0.4, 0.5) is 5.13 Å². The van der Waals surface area contributed by atoms with Crippen LogP contribution >= 0.6 is 22.9 Å². The maximum absolute atomic E-state index is 12.5. The lowest BCUT2D eigenvalue weighted by Crippen LogP contribution is -2.13. The number of hydrogen-bond acceptors (Lipinski definition) is 5. The quantitative estimate of drug-likeness (QED) is 0.477. The molecule has 0 bridgehead atoms. The van der Waals surface area contributed by atoms with Gasteiger partial charge < -0.3 is 10.3 Å². The molecule has 0 radical (unpaired) electrons. The van der Waals surface area contributed by atoms with Gasteiger partial charge in [-0.05, 0) is 49.8 Å². The number of aromatic nitrogens is 2. The van der Waals surface area contributed by atoms with Crippen molar-refractivity contribution in [2.45, 2.75) is 13.8 Å². The predicted molar refractivity (Wildman–Crippen MR) is 113 cm³/mol. The van der Waals surface area contributed by atoms with Gasteiger partial charge in [0, 0.05) is 22.1 Å². The first kappa shape index (κ1) is 20.3. The standard InChI is InChI=1S/C20H16ClN5O2S/c1-11-6-13(12(2)26(11)16-5-3-4-15(21)8-16)7-14(9-22)19(28)25-20-24-10-17(29-20)18(23)27/h3-8,10H,1-2H3,(H2,23,27)(H,24,25,28)/b14-7+. The summed E-state index contributed by atoms with van der Waals surface area (Å²) in [7, 11) is 0. The highest BCUT2D eigenvalue weighted by Crippen LogP contribution is 2.25. The number of thiazole rings is 1. The van der Waals surface area contributed by atoms with Crippen LogP contribution in [0.25, 0.3) is 11.8 Å². The number of amides is 2. The number of hydrogen-bond donors (Lipinski definition) is 2. The van der Waals surface area contributed by atoms with E-state index >= 15 is 0 Å². The Morgan fingerprint density at radius 1 is 1.34 bits per heavy atom. The summed E-state index contributed by atoms with van der Waals surface area (Å²) < 4.78 is 1.99. The molecule has 0 aliphatic carbocycles. The molecule has 2 amide bonds. The molecule has 1 aromatic carbocycles. The lowest BCUT2D eigenvalue weighted by Gasteiger charge is -2.10. The number of nitrogens with two attached hydrogens (primary N) is 1. The van der Waals surface area contributed by atoms with Crippen LogP contribution in [0.2, 0.25) is 5.02 Å². The number of nitriles is 1. The first-order valence-corrected chi connectivity index (χ1v) is 9.63. The third kappa shape index (κ3) is 4.37. The van der Waals surface area contributed by atoms with Crippen LogP contribution in [0.3, 0.4) is 0 Å². The van der Waals surface area contributed by atoms with Crippen LogP contribution in [-0.2, 0) is 4.79 Å². The molecule has 3 rings (SSSR count). The largest absolute Gasteiger partial charge is 0.365 e. The van der Waals surface area contributed by atoms with Crippen LogP contribution in [0, 0.1) is 25.2 Å². The van der Waals surface area contributed by atoms with E-state index in [0.29, 0.717) is 5.02 Å². The Bertz CT molecular complexity index is 1190. The number of carbonyl (C=O) groups is 2. The van der Waals surface area contributed by atoms with Crippen molar-refractivity contribution in [2.75, 3.05) is 5.32 Å². The van der Waals surface area contributed by atoms with Gasteiger partial charge in [0.25, 0.3) is 11.8 Å². The minimum absolute atomic E-state index is 0.0906. The Morgan fingerprint density at radius 2 is 2.10 bits per heavy atom. The number of aryl methyl sites for hydroxylation is 1. The number of nitrogens with zero attached hydrogens (tertiary/aromatic N) is 3. The third-order valence-corrected chi connectivity index (χ3v) is 5.33. The van der Waals surface area contributed by atoms with Crippen molar-refractivity contribution >= 4 is 46.0 Å². The van der Waals surface area contributed by atoms with Crippen LogP contribution in [0.15, 0.2) is 42.1 Å². The molecule has 0 fully saturated rings. The van der Waals surface area contributed by atoms with Gasteiger partial charge in [0.1, 0.15) is 16.5 Å². The van der Waals surface area contributed by atoms with E-state index in [1.807, 2.05) is 48.7 Å². The average Bonchev–Trinajstić information content (AvgIpc) is 3.24. The summed E-state index contributed by atoms with van der Waals surface area (Å²) in [6.45, 7) is 3.82. The molecule has 7 nitrogen and oxygen atoms in total. The molecule has 0 aliphatic rings. The zero-order valence-electron chi connectivity index (χ0n) is 15.6. The molecule has 0 spiro atoms. The second kappa shape index (κ2) is 8.31. The van der Waals surface area contributed by atoms with Gasteiger partial charge in [0.05, 0.1) is 6.20 Å². The van der Waals surface area contributed by atoms with Crippen molar-refractivity contribution in [1.29, 1.82) is 5.26 Å². The number of halogens is 1. The van der Waals surface area contributed by atoms with E-state index in [1.54, 1.807) is 6.07 Å². The Labute approximate surface area is 176 Å². The number of primary amides is 1. The van der Waals surface area contributed by atoms with Gasteiger partial charge in [-0.1, -0.05) is 29.0 Å². The third-order valence-electron chi connectivity index (χ3n) is 4.17. The first-order chi connectivity index (χ1) is 13.8. The van der Waals surface area contributed by atoms with E-state index in [2.05, 4.69) is 10.3 Å². The highest BCUT2D eigenvalue weighted by molar-refractivity contribution is 7.17. The van der Waals surface area contributed by atoms with Gasteiger partial charge in [0.15, 0.2) is 5.13 Å². The van der Waals surface area contributed by atoms with Gasteiger partial charge in [-0.3, -0.25) is 14.9 Å². The minimum Gasteiger partial charge on any atom is -0.365 e. The Morgan fingerprint density at radius 3 is 2.72 bits per heavy atom. The smallest absolute Gasteiger partial charge is 0.268 e. The lowest BCUT2D eigenvalue weighted by molar-refractivity contribution is -0.112. The molecule has 9 heteroatoms. The van der Waals surface area contributed by atoms with Crippen molar-refractivity contribution in [2.24, 2.45) is 5.73 Å². The maximum Gasteiger partial charge on any atom is 0.268 e. The molecule has 29 heavy (non-hydrogen) atoms. The molecule has 0 saturated carbocycles. The molecular weight excluding hydrogens is 410 g/mol. The summed E-state index contributed by atoms with van der Waals surface area (Å²) in [6.07, 6.45) is 2.79. The number of rotatable bonds is 5. The van der Waals surface area contributed by atoms with Crippen LogP contribution in [0.1, 0.15) is 26.6 Å². The van der Waals surface area contributed by atoms with Gasteiger partial charge in [-0.25, -0.2) is 4.98 Å². The molecule has 0 unspecified atom stereocenters. The number of carbonyl (C=O) groups excluding carboxylic acids is 2. The summed E-state index contributed by atoms with van der Waals surface area (Å²) in [5.41, 5.74) is 8.49. The van der Waals surface area contributed by atoms with Gasteiger partial charge >= 0.3 is 0 Å². The highest BCUT2D eigenvalue weighted by atomic mass is 35.5. The van der Waals surface area contributed by atoms with Crippen molar-refractivity contribution in [3.05, 3.63) is 69.0 Å². The topological polar surface area (TPSA) is 114 Å². The fraction of sp³-hybridized carbons (Fsp3) is 0.100. The van der Waals surface area contributed by atoms with Crippen LogP contribution < -0.4 is 11.1 Å². The molecule has 0 saturated heterocycles. The highest BCUT2D eigenvalue weighted by Gasteiger charge is 2.16. The molecule has 2 heterocycles. The second-order valence-corrected chi connectivity index (χ2v) is 7.63. The molecule has 146 valence electrons. The summed E-state index contributed by atoms with van der Waals surface area (Å²) >= 11 is 7.04. The molecular formula is C20H16ClN5O2S. The number of anilines is 1. The number of nitrogens with one attached hydrogen (secondary N) is 1. The Balaban J connectivity index is 1.91. The predicted octanol–water partition coefficient (Wildman–Crippen LogP) is 3.85. The van der Waals surface area contributed by atoms with E-state index in [0.717, 1.165) is 34.0 Å². The van der Waals surface area contributed by atoms with E-state index in [4.69, 9.17) is 17.3 Å². The Kier molecular flexibility index (Phi) is 5.82. The van der Waals surface area contributed by atoms with E-state index in [1.165, 1.54) is 12.3 Å². The van der Waals surface area contributed by atoms with E-state index in [9.17, 15) is 14.9 Å². The molecule has 0 aliphatic heterocycles. The van der Waals surface area contributed by atoms with Crippen molar-refractivity contribution < 1.29 is 9.59 Å². The zero-order chi connectivity index (χ0) is 21.1. The van der Waals surface area contributed by atoms with E-state index < -0.39 is 11.8 Å². The van der Waals surface area contributed by atoms with Gasteiger partial charge in [-0.2, -0.15) is 5.26 Å². The van der Waals surface area contributed by atoms with Crippen LogP contribution in [0.5, 0.6) is 0 Å². The van der Waals surface area contributed by atoms with Crippen molar-refractivity contribution in [3.8, 4) is 11.8 Å². The van der Waals surface area contributed by atoms with Crippen molar-refractivity contribution in [3.63, 3.8) is 0 Å². The summed E-state index contributed by atoms with van der Waals surface area (Å²) in [6, 6.07) is 11.2. The number of benzene rings is 1. The fourth-order valence-electron chi connectivity index (χ4n) is 2.86. The lowest BCUT2D eigenvalue weighted by atomic mass is 10.1. The fourth-order valence-corrected chi connectivity index (χ4v) is 3.71. The van der Waals surface area contributed by atoms with Gasteiger partial charge in [0.2, 0.25) is 0 Å². The normalized spacial score (nSPS) is 11.2. The zero-order valence-corrected chi connectivity index (χ0v) is 17.1. The maximum atomic E-state index is 12.5. The Hall–Kier alpha value is -3.41.